The lowest BCUT2D eigenvalue weighted by atomic mass is 9.93. The van der Waals surface area contributed by atoms with Gasteiger partial charge < -0.3 is 10.2 Å². The zero-order valence-corrected chi connectivity index (χ0v) is 16.2. The molecule has 0 atom stereocenters. The molecule has 3 aromatic rings. The summed E-state index contributed by atoms with van der Waals surface area (Å²) in [5, 5.41) is 9.65. The zero-order chi connectivity index (χ0) is 18.6. The van der Waals surface area contributed by atoms with Crippen molar-refractivity contribution in [2.45, 2.75) is 25.7 Å². The number of piperidine rings is 1. The number of benzene rings is 1. The Morgan fingerprint density at radius 3 is 2.70 bits per heavy atom. The fraction of sp³-hybridized carbons (Fsp3) is 0.350. The molecule has 6 nitrogen and oxygen atoms in total. The van der Waals surface area contributed by atoms with Crippen LogP contribution < -0.4 is 5.32 Å². The number of carbonyl (C=O) groups excluding carboxylic acids is 1. The molecule has 0 aliphatic carbocycles. The molecule has 140 valence electrons. The number of hydrogen-bond donors (Lipinski definition) is 1. The van der Waals surface area contributed by atoms with Gasteiger partial charge in [0.05, 0.1) is 28.8 Å². The minimum absolute atomic E-state index is 0.184. The molecule has 0 saturated carbocycles. The number of nitrogens with zero attached hydrogens (tertiary/aromatic N) is 4. The summed E-state index contributed by atoms with van der Waals surface area (Å²) >= 11 is 1.42. The number of rotatable bonds is 5. The van der Waals surface area contributed by atoms with E-state index in [1.165, 1.54) is 11.3 Å². The van der Waals surface area contributed by atoms with Crippen molar-refractivity contribution in [2.75, 3.05) is 25.0 Å². The smallest absolute Gasteiger partial charge is 0.275 e. The van der Waals surface area contributed by atoms with Crippen LogP contribution in [0.4, 0.5) is 5.69 Å². The Morgan fingerprint density at radius 2 is 2.04 bits per heavy atom. The number of hydrogen-bond acceptors (Lipinski definition) is 5. The largest absolute Gasteiger partial charge is 0.318 e. The molecule has 7 heteroatoms. The first-order valence-corrected chi connectivity index (χ1v) is 10.3. The van der Waals surface area contributed by atoms with Gasteiger partial charge in [0.25, 0.3) is 5.91 Å². The van der Waals surface area contributed by atoms with Crippen LogP contribution in [0.5, 0.6) is 0 Å². The van der Waals surface area contributed by atoms with Crippen molar-refractivity contribution < 1.29 is 4.79 Å². The first-order valence-electron chi connectivity index (χ1n) is 9.31. The van der Waals surface area contributed by atoms with Crippen LogP contribution in [0.25, 0.3) is 5.69 Å². The van der Waals surface area contributed by atoms with E-state index < -0.39 is 0 Å². The van der Waals surface area contributed by atoms with Crippen molar-refractivity contribution in [2.24, 2.45) is 0 Å². The summed E-state index contributed by atoms with van der Waals surface area (Å²) in [6.07, 6.45) is 4.03. The SMILES string of the molecule is CCN1CCC(c2nn(-c3ccccc3)cc2NC(=O)c2cscn2)CC1. The van der Waals surface area contributed by atoms with Crippen molar-refractivity contribution in [3.8, 4) is 5.69 Å². The minimum Gasteiger partial charge on any atom is -0.318 e. The van der Waals surface area contributed by atoms with Crippen LogP contribution >= 0.6 is 11.3 Å². The molecule has 0 unspecified atom stereocenters. The van der Waals surface area contributed by atoms with Crippen LogP contribution in [0.3, 0.4) is 0 Å². The molecule has 0 spiro atoms. The molecule has 1 aliphatic rings. The third-order valence-corrected chi connectivity index (χ3v) is 5.68. The van der Waals surface area contributed by atoms with Crippen LogP contribution in [-0.4, -0.2) is 45.2 Å². The van der Waals surface area contributed by atoms with E-state index in [1.807, 2.05) is 41.2 Å². The van der Waals surface area contributed by atoms with Gasteiger partial charge in [-0.15, -0.1) is 11.3 Å². The van der Waals surface area contributed by atoms with E-state index in [0.717, 1.165) is 49.5 Å². The van der Waals surface area contributed by atoms with Gasteiger partial charge in [-0.1, -0.05) is 25.1 Å². The van der Waals surface area contributed by atoms with Crippen molar-refractivity contribution >= 4 is 22.9 Å². The van der Waals surface area contributed by atoms with Crippen LogP contribution in [-0.2, 0) is 0 Å². The molecule has 1 N–H and O–H groups in total. The molecule has 1 saturated heterocycles. The zero-order valence-electron chi connectivity index (χ0n) is 15.3. The molecule has 4 rings (SSSR count). The van der Waals surface area contributed by atoms with Crippen molar-refractivity contribution in [3.63, 3.8) is 0 Å². The lowest BCUT2D eigenvalue weighted by molar-refractivity contribution is 0.102. The Balaban J connectivity index is 1.63. The van der Waals surface area contributed by atoms with E-state index in [0.29, 0.717) is 11.6 Å². The molecular formula is C20H23N5OS. The van der Waals surface area contributed by atoms with Gasteiger partial charge in [0, 0.05) is 11.3 Å². The quantitative estimate of drug-likeness (QED) is 0.731. The van der Waals surface area contributed by atoms with Crippen LogP contribution in [0.15, 0.2) is 47.4 Å². The third kappa shape index (κ3) is 3.94. The van der Waals surface area contributed by atoms with Gasteiger partial charge in [-0.3, -0.25) is 4.79 Å². The fourth-order valence-corrected chi connectivity index (χ4v) is 4.06. The highest BCUT2D eigenvalue weighted by atomic mass is 32.1. The van der Waals surface area contributed by atoms with E-state index in [-0.39, 0.29) is 5.91 Å². The van der Waals surface area contributed by atoms with Crippen LogP contribution in [0.1, 0.15) is 41.9 Å². The van der Waals surface area contributed by atoms with Gasteiger partial charge in [-0.05, 0) is 44.6 Å². The Labute approximate surface area is 162 Å². The summed E-state index contributed by atoms with van der Waals surface area (Å²) in [5.41, 5.74) is 4.85. The van der Waals surface area contributed by atoms with Crippen molar-refractivity contribution in [1.82, 2.24) is 19.7 Å². The average molecular weight is 382 g/mol. The molecule has 1 aliphatic heterocycles. The second-order valence-corrected chi connectivity index (χ2v) is 7.46. The van der Waals surface area contributed by atoms with E-state index in [1.54, 1.807) is 10.9 Å². The Hall–Kier alpha value is -2.51. The van der Waals surface area contributed by atoms with Crippen molar-refractivity contribution in [3.05, 3.63) is 58.8 Å². The maximum absolute atomic E-state index is 12.5. The molecule has 0 bridgehead atoms. The molecule has 3 heterocycles. The fourth-order valence-electron chi connectivity index (χ4n) is 3.53. The van der Waals surface area contributed by atoms with Gasteiger partial charge >= 0.3 is 0 Å². The van der Waals surface area contributed by atoms with Gasteiger partial charge in [-0.25, -0.2) is 9.67 Å². The van der Waals surface area contributed by atoms with Crippen molar-refractivity contribution in [1.29, 1.82) is 0 Å². The summed E-state index contributed by atoms with van der Waals surface area (Å²) in [7, 11) is 0. The van der Waals surface area contributed by atoms with Gasteiger partial charge in [0.2, 0.25) is 0 Å². The first kappa shape index (κ1) is 17.9. The number of carbonyl (C=O) groups is 1. The van der Waals surface area contributed by atoms with E-state index in [4.69, 9.17) is 5.10 Å². The highest BCUT2D eigenvalue weighted by Crippen LogP contribution is 2.33. The predicted molar refractivity (Wildman–Crippen MR) is 108 cm³/mol. The van der Waals surface area contributed by atoms with E-state index in [9.17, 15) is 4.79 Å². The van der Waals surface area contributed by atoms with Gasteiger partial charge in [0.1, 0.15) is 5.69 Å². The molecule has 1 fully saturated rings. The predicted octanol–water partition coefficient (Wildman–Crippen LogP) is 3.78. The van der Waals surface area contributed by atoms with E-state index in [2.05, 4.69) is 22.1 Å². The average Bonchev–Trinajstić information content (AvgIpc) is 3.39. The molecule has 0 radical (unpaired) electrons. The minimum atomic E-state index is -0.184. The number of anilines is 1. The highest BCUT2D eigenvalue weighted by Gasteiger charge is 2.26. The second kappa shape index (κ2) is 8.02. The third-order valence-electron chi connectivity index (χ3n) is 5.10. The normalized spacial score (nSPS) is 15.7. The standard InChI is InChI=1S/C20H23N5OS/c1-2-24-10-8-15(9-11-24)19-17(22-20(26)18-13-27-14-21-18)12-25(23-19)16-6-4-3-5-7-16/h3-7,12-15H,2,8-11H2,1H3,(H,22,26). The summed E-state index contributed by atoms with van der Waals surface area (Å²) in [4.78, 5) is 19.1. The maximum atomic E-state index is 12.5. The lowest BCUT2D eigenvalue weighted by Gasteiger charge is -2.30. The van der Waals surface area contributed by atoms with Crippen LogP contribution in [0, 0.1) is 0 Å². The Morgan fingerprint density at radius 1 is 1.26 bits per heavy atom. The number of nitrogens with one attached hydrogen (secondary N) is 1. The lowest BCUT2D eigenvalue weighted by Crippen LogP contribution is -2.33. The summed E-state index contributed by atoms with van der Waals surface area (Å²) in [6, 6.07) is 10.00. The second-order valence-electron chi connectivity index (χ2n) is 6.74. The number of likely N-dealkylation sites (tertiary alicyclic amines) is 1. The Kier molecular flexibility index (Phi) is 5.31. The maximum Gasteiger partial charge on any atom is 0.275 e. The molecule has 1 amide bonds. The van der Waals surface area contributed by atoms with Crippen LogP contribution in [0.2, 0.25) is 0 Å². The summed E-state index contributed by atoms with van der Waals surface area (Å²) in [5.74, 6) is 0.166. The number of amides is 1. The topological polar surface area (TPSA) is 63.1 Å². The summed E-state index contributed by atoms with van der Waals surface area (Å²) < 4.78 is 1.86. The molecular weight excluding hydrogens is 358 g/mol. The van der Waals surface area contributed by atoms with E-state index >= 15 is 0 Å². The highest BCUT2D eigenvalue weighted by molar-refractivity contribution is 7.07. The van der Waals surface area contributed by atoms with Gasteiger partial charge in [0.15, 0.2) is 0 Å². The first-order chi connectivity index (χ1) is 13.2. The summed E-state index contributed by atoms with van der Waals surface area (Å²) in [6.45, 7) is 5.42. The number of aromatic nitrogens is 3. The number of thiazole rings is 1. The molecule has 2 aromatic heterocycles. The molecule has 1 aromatic carbocycles. The monoisotopic (exact) mass is 381 g/mol. The van der Waals surface area contributed by atoms with Gasteiger partial charge in [-0.2, -0.15) is 5.10 Å². The molecule has 27 heavy (non-hydrogen) atoms. The number of para-hydroxylation sites is 1. The Bertz CT molecular complexity index is 883.